The Bertz CT molecular complexity index is 470. The van der Waals surface area contributed by atoms with Gasteiger partial charge in [-0.05, 0) is 18.9 Å². The summed E-state index contributed by atoms with van der Waals surface area (Å²) in [5.41, 5.74) is 1.24. The lowest BCUT2D eigenvalue weighted by Gasteiger charge is -2.15. The van der Waals surface area contributed by atoms with Crippen molar-refractivity contribution in [1.29, 1.82) is 0 Å². The summed E-state index contributed by atoms with van der Waals surface area (Å²) < 4.78 is 0. The quantitative estimate of drug-likeness (QED) is 0.838. The van der Waals surface area contributed by atoms with Gasteiger partial charge in [0.05, 0.1) is 11.6 Å². The largest absolute Gasteiger partial charge is 0.395 e. The minimum absolute atomic E-state index is 0.0924. The molecule has 0 saturated heterocycles. The van der Waals surface area contributed by atoms with Crippen LogP contribution in [0.15, 0.2) is 36.5 Å². The van der Waals surface area contributed by atoms with Crippen LogP contribution in [0.2, 0.25) is 0 Å². The molecule has 0 fully saturated rings. The summed E-state index contributed by atoms with van der Waals surface area (Å²) in [6.45, 7) is 2.91. The van der Waals surface area contributed by atoms with Gasteiger partial charge in [0.2, 0.25) is 0 Å². The molecular formula is C14H18N2OS. The highest BCUT2D eigenvalue weighted by Gasteiger charge is 2.08. The topological polar surface area (TPSA) is 45.2 Å². The number of aliphatic hydroxyl groups is 1. The first-order valence-corrected chi connectivity index (χ1v) is 6.89. The molecule has 0 radical (unpaired) electrons. The van der Waals surface area contributed by atoms with E-state index in [1.54, 1.807) is 11.3 Å². The molecule has 0 aliphatic rings. The highest BCUT2D eigenvalue weighted by atomic mass is 32.1. The third-order valence-electron chi connectivity index (χ3n) is 2.78. The van der Waals surface area contributed by atoms with E-state index in [9.17, 15) is 5.11 Å². The second-order valence-electron chi connectivity index (χ2n) is 4.30. The molecule has 2 N–H and O–H groups in total. The minimum atomic E-state index is 0.0924. The van der Waals surface area contributed by atoms with Gasteiger partial charge in [-0.1, -0.05) is 30.3 Å². The van der Waals surface area contributed by atoms with E-state index >= 15 is 0 Å². The minimum Gasteiger partial charge on any atom is -0.395 e. The summed E-state index contributed by atoms with van der Waals surface area (Å²) in [5, 5.41) is 13.8. The predicted octanol–water partition coefficient (Wildman–Crippen LogP) is 2.14. The second-order valence-corrected chi connectivity index (χ2v) is 5.62. The Morgan fingerprint density at radius 3 is 2.72 bits per heavy atom. The molecule has 0 spiro atoms. The van der Waals surface area contributed by atoms with E-state index in [1.807, 2.05) is 31.3 Å². The number of nitrogens with zero attached hydrogens (tertiary/aromatic N) is 1. The summed E-state index contributed by atoms with van der Waals surface area (Å²) in [6, 6.07) is 10.3. The van der Waals surface area contributed by atoms with Gasteiger partial charge in [-0.3, -0.25) is 0 Å². The summed E-state index contributed by atoms with van der Waals surface area (Å²) in [4.78, 5) is 5.43. The van der Waals surface area contributed by atoms with E-state index < -0.39 is 0 Å². The standard InChI is InChI=1S/C14H18N2OS/c1-11-15-8-14(18-11)9-16-13(10-17)7-12-5-3-2-4-6-12/h2-6,8,13,16-17H,7,9-10H2,1H3/t13-/m0/s1. The monoisotopic (exact) mass is 262 g/mol. The number of nitrogens with one attached hydrogen (secondary N) is 1. The summed E-state index contributed by atoms with van der Waals surface area (Å²) in [6.07, 6.45) is 2.74. The maximum absolute atomic E-state index is 9.40. The van der Waals surface area contributed by atoms with E-state index in [0.717, 1.165) is 18.0 Å². The van der Waals surface area contributed by atoms with Gasteiger partial charge in [0.1, 0.15) is 0 Å². The van der Waals surface area contributed by atoms with Crippen molar-refractivity contribution in [3.8, 4) is 0 Å². The fraction of sp³-hybridized carbons (Fsp3) is 0.357. The molecule has 1 aromatic carbocycles. The van der Waals surface area contributed by atoms with Gasteiger partial charge in [0.25, 0.3) is 0 Å². The molecule has 0 bridgehead atoms. The number of aromatic nitrogens is 1. The van der Waals surface area contributed by atoms with Gasteiger partial charge in [0.15, 0.2) is 0 Å². The van der Waals surface area contributed by atoms with Crippen LogP contribution >= 0.6 is 11.3 Å². The van der Waals surface area contributed by atoms with Crippen LogP contribution in [0.25, 0.3) is 0 Å². The van der Waals surface area contributed by atoms with Gasteiger partial charge in [-0.25, -0.2) is 4.98 Å². The zero-order valence-electron chi connectivity index (χ0n) is 10.5. The highest BCUT2D eigenvalue weighted by Crippen LogP contribution is 2.11. The average molecular weight is 262 g/mol. The van der Waals surface area contributed by atoms with Crippen molar-refractivity contribution in [3.63, 3.8) is 0 Å². The Kier molecular flexibility index (Phi) is 4.87. The molecule has 0 aliphatic heterocycles. The fourth-order valence-electron chi connectivity index (χ4n) is 1.83. The molecule has 2 rings (SSSR count). The van der Waals surface area contributed by atoms with Crippen molar-refractivity contribution in [2.45, 2.75) is 25.9 Å². The summed E-state index contributed by atoms with van der Waals surface area (Å²) >= 11 is 1.69. The van der Waals surface area contributed by atoms with Crippen molar-refractivity contribution >= 4 is 11.3 Å². The number of aryl methyl sites for hydroxylation is 1. The Balaban J connectivity index is 1.86. The number of thiazole rings is 1. The van der Waals surface area contributed by atoms with Crippen LogP contribution in [-0.2, 0) is 13.0 Å². The molecule has 3 nitrogen and oxygen atoms in total. The molecule has 0 aliphatic carbocycles. The molecule has 2 aromatic rings. The van der Waals surface area contributed by atoms with E-state index in [2.05, 4.69) is 22.4 Å². The maximum Gasteiger partial charge on any atom is 0.0897 e. The van der Waals surface area contributed by atoms with Crippen LogP contribution in [0, 0.1) is 6.92 Å². The van der Waals surface area contributed by atoms with E-state index in [-0.39, 0.29) is 12.6 Å². The van der Waals surface area contributed by atoms with Crippen molar-refractivity contribution in [1.82, 2.24) is 10.3 Å². The van der Waals surface area contributed by atoms with Crippen molar-refractivity contribution < 1.29 is 5.11 Å². The van der Waals surface area contributed by atoms with Crippen LogP contribution in [0.3, 0.4) is 0 Å². The normalized spacial score (nSPS) is 12.6. The molecule has 4 heteroatoms. The highest BCUT2D eigenvalue weighted by molar-refractivity contribution is 7.11. The number of hydrogen-bond acceptors (Lipinski definition) is 4. The lowest BCUT2D eigenvalue weighted by Crippen LogP contribution is -2.33. The second kappa shape index (κ2) is 6.64. The lowest BCUT2D eigenvalue weighted by atomic mass is 10.1. The van der Waals surface area contributed by atoms with Crippen LogP contribution in [0.1, 0.15) is 15.4 Å². The fourth-order valence-corrected chi connectivity index (χ4v) is 2.58. The zero-order chi connectivity index (χ0) is 12.8. The van der Waals surface area contributed by atoms with Gasteiger partial charge in [-0.15, -0.1) is 11.3 Å². The first kappa shape index (κ1) is 13.2. The molecule has 0 unspecified atom stereocenters. The van der Waals surface area contributed by atoms with Gasteiger partial charge >= 0.3 is 0 Å². The lowest BCUT2D eigenvalue weighted by molar-refractivity contribution is 0.241. The third-order valence-corrected chi connectivity index (χ3v) is 3.69. The van der Waals surface area contributed by atoms with E-state index in [4.69, 9.17) is 0 Å². The molecule has 1 aromatic heterocycles. The number of rotatable bonds is 6. The Hall–Kier alpha value is -1.23. The number of benzene rings is 1. The average Bonchev–Trinajstić information content (AvgIpc) is 2.81. The van der Waals surface area contributed by atoms with Crippen molar-refractivity contribution in [3.05, 3.63) is 52.0 Å². The first-order chi connectivity index (χ1) is 8.78. The smallest absolute Gasteiger partial charge is 0.0897 e. The van der Waals surface area contributed by atoms with Crippen molar-refractivity contribution in [2.75, 3.05) is 6.61 Å². The Labute approximate surface area is 112 Å². The zero-order valence-corrected chi connectivity index (χ0v) is 11.3. The van der Waals surface area contributed by atoms with Crippen LogP contribution in [-0.4, -0.2) is 22.7 Å². The number of aliphatic hydroxyl groups excluding tert-OH is 1. The Morgan fingerprint density at radius 1 is 1.33 bits per heavy atom. The SMILES string of the molecule is Cc1ncc(CN[C@H](CO)Cc2ccccc2)s1. The maximum atomic E-state index is 9.40. The predicted molar refractivity (Wildman–Crippen MR) is 74.7 cm³/mol. The van der Waals surface area contributed by atoms with Crippen LogP contribution < -0.4 is 5.32 Å². The Morgan fingerprint density at radius 2 is 2.11 bits per heavy atom. The van der Waals surface area contributed by atoms with Gasteiger partial charge < -0.3 is 10.4 Å². The van der Waals surface area contributed by atoms with E-state index in [1.165, 1.54) is 10.4 Å². The van der Waals surface area contributed by atoms with Crippen molar-refractivity contribution in [2.24, 2.45) is 0 Å². The molecular weight excluding hydrogens is 244 g/mol. The van der Waals surface area contributed by atoms with Crippen LogP contribution in [0.5, 0.6) is 0 Å². The summed E-state index contributed by atoms with van der Waals surface area (Å²) in [5.74, 6) is 0. The molecule has 1 atom stereocenters. The van der Waals surface area contributed by atoms with Gasteiger partial charge in [-0.2, -0.15) is 0 Å². The third kappa shape index (κ3) is 3.91. The first-order valence-electron chi connectivity index (χ1n) is 6.07. The van der Waals surface area contributed by atoms with Crippen LogP contribution in [0.4, 0.5) is 0 Å². The molecule has 0 saturated carbocycles. The van der Waals surface area contributed by atoms with E-state index in [0.29, 0.717) is 0 Å². The molecule has 1 heterocycles. The molecule has 18 heavy (non-hydrogen) atoms. The molecule has 0 amide bonds. The van der Waals surface area contributed by atoms with Gasteiger partial charge in [0, 0.05) is 23.7 Å². The number of hydrogen-bond donors (Lipinski definition) is 2. The summed E-state index contributed by atoms with van der Waals surface area (Å²) in [7, 11) is 0. The molecule has 96 valence electrons.